The topological polar surface area (TPSA) is 44.5 Å². The summed E-state index contributed by atoms with van der Waals surface area (Å²) < 4.78 is 11.7. The van der Waals surface area contributed by atoms with Crippen molar-refractivity contribution in [2.45, 2.75) is 57.6 Å². The van der Waals surface area contributed by atoms with Gasteiger partial charge in [0.15, 0.2) is 0 Å². The Morgan fingerprint density at radius 1 is 1.29 bits per heavy atom. The maximum atomic E-state index is 6.43. The van der Waals surface area contributed by atoms with Crippen LogP contribution in [0, 0.1) is 11.8 Å². The van der Waals surface area contributed by atoms with Gasteiger partial charge < -0.3 is 15.2 Å². The number of methoxy groups -OCH3 is 1. The third kappa shape index (κ3) is 2.76. The molecule has 1 heterocycles. The lowest BCUT2D eigenvalue weighted by Gasteiger charge is -2.46. The van der Waals surface area contributed by atoms with Gasteiger partial charge in [0, 0.05) is 18.0 Å². The lowest BCUT2D eigenvalue weighted by molar-refractivity contribution is -0.0161. The van der Waals surface area contributed by atoms with E-state index in [-0.39, 0.29) is 11.6 Å². The molecule has 0 aromatic heterocycles. The fraction of sp³-hybridized carbons (Fsp3) is 0.667. The van der Waals surface area contributed by atoms with Crippen LogP contribution in [0.25, 0.3) is 0 Å². The lowest BCUT2D eigenvalue weighted by Crippen LogP contribution is -2.46. The third-order valence-corrected chi connectivity index (χ3v) is 5.42. The maximum absolute atomic E-state index is 6.43. The second-order valence-corrected chi connectivity index (χ2v) is 7.08. The number of fused-ring (bicyclic) bond motifs is 1. The van der Waals surface area contributed by atoms with Crippen LogP contribution in [-0.2, 0) is 0 Å². The molecule has 0 radical (unpaired) electrons. The van der Waals surface area contributed by atoms with Crippen LogP contribution in [0.4, 0.5) is 0 Å². The molecule has 2 N–H and O–H groups in total. The first kappa shape index (κ1) is 14.7. The van der Waals surface area contributed by atoms with Crippen LogP contribution in [0.15, 0.2) is 18.2 Å². The first-order chi connectivity index (χ1) is 10.0. The monoisotopic (exact) mass is 289 g/mol. The van der Waals surface area contributed by atoms with Crippen molar-refractivity contribution in [3.63, 3.8) is 0 Å². The molecule has 21 heavy (non-hydrogen) atoms. The molecule has 1 aliphatic carbocycles. The average molecular weight is 289 g/mol. The summed E-state index contributed by atoms with van der Waals surface area (Å²) in [5.41, 5.74) is 7.49. The Morgan fingerprint density at radius 3 is 2.62 bits per heavy atom. The quantitative estimate of drug-likeness (QED) is 0.893. The number of ether oxygens (including phenoxy) is 2. The van der Waals surface area contributed by atoms with Gasteiger partial charge in [-0.3, -0.25) is 0 Å². The highest BCUT2D eigenvalue weighted by Crippen LogP contribution is 2.48. The van der Waals surface area contributed by atoms with Crippen molar-refractivity contribution in [2.24, 2.45) is 17.6 Å². The van der Waals surface area contributed by atoms with Gasteiger partial charge in [0.2, 0.25) is 0 Å². The fourth-order valence-corrected chi connectivity index (χ4v) is 3.96. The summed E-state index contributed by atoms with van der Waals surface area (Å²) in [5, 5.41) is 0. The summed E-state index contributed by atoms with van der Waals surface area (Å²) in [6, 6.07) is 6.06. The van der Waals surface area contributed by atoms with Crippen LogP contribution in [0.2, 0.25) is 0 Å². The predicted molar refractivity (Wildman–Crippen MR) is 84.7 cm³/mol. The second kappa shape index (κ2) is 5.53. The number of hydrogen-bond donors (Lipinski definition) is 1. The van der Waals surface area contributed by atoms with Gasteiger partial charge in [-0.25, -0.2) is 0 Å². The van der Waals surface area contributed by atoms with Crippen molar-refractivity contribution in [2.75, 3.05) is 7.11 Å². The van der Waals surface area contributed by atoms with Crippen LogP contribution in [0.3, 0.4) is 0 Å². The summed E-state index contributed by atoms with van der Waals surface area (Å²) in [7, 11) is 1.69. The summed E-state index contributed by atoms with van der Waals surface area (Å²) in [4.78, 5) is 0. The van der Waals surface area contributed by atoms with E-state index in [9.17, 15) is 0 Å². The Hall–Kier alpha value is -1.22. The summed E-state index contributed by atoms with van der Waals surface area (Å²) >= 11 is 0. The minimum atomic E-state index is -0.0353. The number of hydrogen-bond acceptors (Lipinski definition) is 3. The largest absolute Gasteiger partial charge is 0.497 e. The summed E-state index contributed by atoms with van der Waals surface area (Å²) in [5.74, 6) is 3.42. The van der Waals surface area contributed by atoms with Gasteiger partial charge in [0.25, 0.3) is 0 Å². The fourth-order valence-electron chi connectivity index (χ4n) is 3.96. The van der Waals surface area contributed by atoms with E-state index in [2.05, 4.69) is 13.8 Å². The van der Waals surface area contributed by atoms with Crippen LogP contribution in [0.1, 0.15) is 57.6 Å². The van der Waals surface area contributed by atoms with E-state index in [1.807, 2.05) is 18.2 Å². The van der Waals surface area contributed by atoms with E-state index in [0.29, 0.717) is 0 Å². The molecule has 1 saturated carbocycles. The highest BCUT2D eigenvalue weighted by molar-refractivity contribution is 5.44. The normalized spacial score (nSPS) is 31.9. The van der Waals surface area contributed by atoms with Gasteiger partial charge in [-0.15, -0.1) is 0 Å². The smallest absolute Gasteiger partial charge is 0.125 e. The molecule has 1 atom stereocenters. The van der Waals surface area contributed by atoms with E-state index in [1.165, 1.54) is 12.8 Å². The average Bonchev–Trinajstić information content (AvgIpc) is 2.47. The van der Waals surface area contributed by atoms with E-state index >= 15 is 0 Å². The second-order valence-electron chi connectivity index (χ2n) is 7.08. The van der Waals surface area contributed by atoms with Crippen molar-refractivity contribution in [1.82, 2.24) is 0 Å². The first-order valence-corrected chi connectivity index (χ1v) is 8.15. The Balaban J connectivity index is 1.79. The molecule has 0 amide bonds. The molecule has 3 heteroatoms. The van der Waals surface area contributed by atoms with Crippen LogP contribution in [0.5, 0.6) is 11.5 Å². The minimum Gasteiger partial charge on any atom is -0.497 e. The first-order valence-electron chi connectivity index (χ1n) is 8.15. The molecule has 1 aromatic carbocycles. The molecular formula is C18H27NO2. The molecule has 1 fully saturated rings. The summed E-state index contributed by atoms with van der Waals surface area (Å²) in [6.07, 6.45) is 5.72. The highest BCUT2D eigenvalue weighted by atomic mass is 16.5. The van der Waals surface area contributed by atoms with Gasteiger partial charge in [0.05, 0.1) is 7.11 Å². The molecule has 1 spiro atoms. The zero-order valence-corrected chi connectivity index (χ0v) is 13.4. The van der Waals surface area contributed by atoms with Crippen LogP contribution < -0.4 is 15.2 Å². The zero-order valence-electron chi connectivity index (χ0n) is 13.4. The van der Waals surface area contributed by atoms with Crippen molar-refractivity contribution < 1.29 is 9.47 Å². The maximum Gasteiger partial charge on any atom is 0.125 e. The highest BCUT2D eigenvalue weighted by Gasteiger charge is 2.43. The Labute approximate surface area is 127 Å². The van der Waals surface area contributed by atoms with E-state index in [0.717, 1.165) is 48.2 Å². The van der Waals surface area contributed by atoms with Crippen molar-refractivity contribution in [3.8, 4) is 11.5 Å². The number of nitrogens with two attached hydrogens (primary N) is 1. The zero-order chi connectivity index (χ0) is 15.0. The summed E-state index contributed by atoms with van der Waals surface area (Å²) in [6.45, 7) is 4.66. The molecule has 116 valence electrons. The molecule has 1 aromatic rings. The number of benzene rings is 1. The number of rotatable bonds is 2. The van der Waals surface area contributed by atoms with Gasteiger partial charge in [-0.05, 0) is 55.7 Å². The molecule has 1 unspecified atom stereocenters. The molecule has 3 rings (SSSR count). The lowest BCUT2D eigenvalue weighted by atomic mass is 9.71. The van der Waals surface area contributed by atoms with Crippen molar-refractivity contribution >= 4 is 0 Å². The molecule has 3 nitrogen and oxygen atoms in total. The third-order valence-electron chi connectivity index (χ3n) is 5.42. The SMILES string of the molecule is COc1ccc2c(c1)C(N)CC1(CCC(C(C)C)CC1)O2. The van der Waals surface area contributed by atoms with Gasteiger partial charge in [0.1, 0.15) is 17.1 Å². The standard InChI is InChI=1S/C18H27NO2/c1-12(2)13-6-8-18(9-7-13)11-16(19)15-10-14(20-3)4-5-17(15)21-18/h4-5,10,12-13,16H,6-9,11,19H2,1-3H3. The van der Waals surface area contributed by atoms with Crippen LogP contribution >= 0.6 is 0 Å². The molecular weight excluding hydrogens is 262 g/mol. The molecule has 2 aliphatic rings. The van der Waals surface area contributed by atoms with E-state index in [1.54, 1.807) is 7.11 Å². The van der Waals surface area contributed by atoms with Gasteiger partial charge in [-0.1, -0.05) is 13.8 Å². The van der Waals surface area contributed by atoms with Crippen molar-refractivity contribution in [1.29, 1.82) is 0 Å². The Kier molecular flexibility index (Phi) is 3.87. The minimum absolute atomic E-state index is 0.0353. The predicted octanol–water partition coefficient (Wildman–Crippen LogP) is 4.06. The van der Waals surface area contributed by atoms with Gasteiger partial charge in [-0.2, -0.15) is 0 Å². The van der Waals surface area contributed by atoms with Crippen molar-refractivity contribution in [3.05, 3.63) is 23.8 Å². The molecule has 0 saturated heterocycles. The Bertz CT molecular complexity index is 504. The molecule has 0 bridgehead atoms. The Morgan fingerprint density at radius 2 is 2.00 bits per heavy atom. The van der Waals surface area contributed by atoms with E-state index in [4.69, 9.17) is 15.2 Å². The van der Waals surface area contributed by atoms with E-state index < -0.39 is 0 Å². The van der Waals surface area contributed by atoms with Crippen LogP contribution in [-0.4, -0.2) is 12.7 Å². The van der Waals surface area contributed by atoms with Gasteiger partial charge >= 0.3 is 0 Å². The molecule has 1 aliphatic heterocycles.